The molecule has 0 fully saturated rings. The fraction of sp³-hybridized carbons (Fsp3) is 0.235. The first kappa shape index (κ1) is 28.5. The Balaban J connectivity index is 0.000000482. The maximum atomic E-state index is 4.93. The molecule has 0 atom stereocenters. The quantitative estimate of drug-likeness (QED) is 0.257. The van der Waals surface area contributed by atoms with E-state index in [9.17, 15) is 0 Å². The van der Waals surface area contributed by atoms with E-state index in [-0.39, 0.29) is 0 Å². The van der Waals surface area contributed by atoms with Crippen LogP contribution in [0.5, 0.6) is 0 Å². The number of hydrogen-bond acceptors (Lipinski definition) is 2. The summed E-state index contributed by atoms with van der Waals surface area (Å²) in [4.78, 5) is 9.59. The molecular formula is C34H40N2. The molecule has 0 unspecified atom stereocenters. The molecule has 2 heteroatoms. The van der Waals surface area contributed by atoms with Gasteiger partial charge in [0, 0.05) is 11.3 Å². The van der Waals surface area contributed by atoms with Gasteiger partial charge in [0.1, 0.15) is 0 Å². The molecule has 1 aromatic heterocycles. The third-order valence-electron chi connectivity index (χ3n) is 5.79. The standard InChI is InChI=1S/C26H30N2.C8H10/c1-8-10-18(2)11-9-12-20(4)25(24-15-13-19(3)14-16-24)28-26-23(7)21(5)17-22(6)27-26;1-7-3-5-8(2)6-4-7/h8-17H,4H2,1-3,5-7H3;3-6H,1-2H3/b10-8-,12-9+,18-11-,28-25+;. The number of rotatable bonds is 6. The van der Waals surface area contributed by atoms with Gasteiger partial charge in [-0.25, -0.2) is 9.98 Å². The number of allylic oxidation sites excluding steroid dienone is 7. The predicted octanol–water partition coefficient (Wildman–Crippen LogP) is 9.37. The summed E-state index contributed by atoms with van der Waals surface area (Å²) in [6.45, 7) is 20.8. The highest BCUT2D eigenvalue weighted by Gasteiger charge is 2.10. The van der Waals surface area contributed by atoms with Crippen molar-refractivity contribution in [1.82, 2.24) is 4.98 Å². The highest BCUT2D eigenvalue weighted by molar-refractivity contribution is 6.15. The van der Waals surface area contributed by atoms with Gasteiger partial charge in [-0.1, -0.05) is 108 Å². The SMILES string of the molecule is C=C(/C=C/C=C(C)\C=C/C)/C(=N\c1nc(C)cc(C)c1C)c1ccc(C)cc1.Cc1ccc(C)cc1. The summed E-state index contributed by atoms with van der Waals surface area (Å²) in [7, 11) is 0. The molecule has 0 saturated heterocycles. The van der Waals surface area contributed by atoms with Crippen LogP contribution in [0.2, 0.25) is 0 Å². The van der Waals surface area contributed by atoms with Crippen molar-refractivity contribution < 1.29 is 0 Å². The monoisotopic (exact) mass is 476 g/mol. The van der Waals surface area contributed by atoms with Gasteiger partial charge in [0.05, 0.1) is 5.71 Å². The van der Waals surface area contributed by atoms with Crippen molar-refractivity contribution in [3.63, 3.8) is 0 Å². The van der Waals surface area contributed by atoms with Gasteiger partial charge < -0.3 is 0 Å². The summed E-state index contributed by atoms with van der Waals surface area (Å²) in [5.74, 6) is 0.753. The van der Waals surface area contributed by atoms with E-state index >= 15 is 0 Å². The lowest BCUT2D eigenvalue weighted by Crippen LogP contribution is -2.04. The molecule has 0 aliphatic rings. The Morgan fingerprint density at radius 1 is 0.806 bits per heavy atom. The number of hydrogen-bond donors (Lipinski definition) is 0. The normalized spacial score (nSPS) is 12.1. The zero-order valence-electron chi connectivity index (χ0n) is 23.2. The Morgan fingerprint density at radius 3 is 1.86 bits per heavy atom. The predicted molar refractivity (Wildman–Crippen MR) is 159 cm³/mol. The molecule has 0 saturated carbocycles. The largest absolute Gasteiger partial charge is 0.234 e. The number of pyridine rings is 1. The van der Waals surface area contributed by atoms with Crippen molar-refractivity contribution in [3.05, 3.63) is 142 Å². The third-order valence-corrected chi connectivity index (χ3v) is 5.79. The zero-order valence-corrected chi connectivity index (χ0v) is 23.2. The zero-order chi connectivity index (χ0) is 26.7. The van der Waals surface area contributed by atoms with Crippen molar-refractivity contribution in [3.8, 4) is 0 Å². The second-order valence-electron chi connectivity index (χ2n) is 9.31. The second kappa shape index (κ2) is 13.9. The molecule has 186 valence electrons. The van der Waals surface area contributed by atoms with Crippen LogP contribution in [-0.4, -0.2) is 10.7 Å². The maximum absolute atomic E-state index is 4.93. The summed E-state index contributed by atoms with van der Waals surface area (Å²) in [5, 5.41) is 0. The molecule has 1 heterocycles. The summed E-state index contributed by atoms with van der Waals surface area (Å²) < 4.78 is 0. The van der Waals surface area contributed by atoms with Crippen LogP contribution in [0.4, 0.5) is 5.82 Å². The first-order valence-corrected chi connectivity index (χ1v) is 12.4. The van der Waals surface area contributed by atoms with Crippen LogP contribution >= 0.6 is 0 Å². The van der Waals surface area contributed by atoms with E-state index in [0.29, 0.717) is 0 Å². The molecule has 2 nitrogen and oxygen atoms in total. The van der Waals surface area contributed by atoms with E-state index in [2.05, 4.69) is 120 Å². The molecule has 0 amide bonds. The third kappa shape index (κ3) is 9.11. The van der Waals surface area contributed by atoms with Gasteiger partial charge >= 0.3 is 0 Å². The molecule has 3 aromatic rings. The molecule has 3 rings (SSSR count). The van der Waals surface area contributed by atoms with Crippen molar-refractivity contribution in [2.45, 2.75) is 55.4 Å². The smallest absolute Gasteiger partial charge is 0.155 e. The Hall–Kier alpha value is -3.78. The average molecular weight is 477 g/mol. The van der Waals surface area contributed by atoms with E-state index in [4.69, 9.17) is 4.99 Å². The van der Waals surface area contributed by atoms with Crippen LogP contribution in [0.15, 0.2) is 108 Å². The van der Waals surface area contributed by atoms with Gasteiger partial charge in [-0.2, -0.15) is 0 Å². The van der Waals surface area contributed by atoms with Crippen molar-refractivity contribution in [2.75, 3.05) is 0 Å². The Labute approximate surface area is 218 Å². The fourth-order valence-electron chi connectivity index (χ4n) is 3.48. The van der Waals surface area contributed by atoms with Crippen LogP contribution in [0.1, 0.15) is 52.9 Å². The van der Waals surface area contributed by atoms with Crippen LogP contribution in [0.25, 0.3) is 0 Å². The molecule has 0 spiro atoms. The first-order chi connectivity index (χ1) is 17.1. The van der Waals surface area contributed by atoms with Gasteiger partial charge in [0.15, 0.2) is 5.82 Å². The van der Waals surface area contributed by atoms with Crippen LogP contribution in [-0.2, 0) is 0 Å². The van der Waals surface area contributed by atoms with Gasteiger partial charge in [0.25, 0.3) is 0 Å². The number of nitrogens with zero attached hydrogens (tertiary/aromatic N) is 2. The van der Waals surface area contributed by atoms with Crippen molar-refractivity contribution >= 4 is 11.5 Å². The lowest BCUT2D eigenvalue weighted by Gasteiger charge is -2.11. The molecule has 2 aromatic carbocycles. The molecular weight excluding hydrogens is 436 g/mol. The topological polar surface area (TPSA) is 25.2 Å². The number of aromatic nitrogens is 1. The van der Waals surface area contributed by atoms with Crippen LogP contribution in [0, 0.1) is 41.5 Å². The van der Waals surface area contributed by atoms with E-state index in [1.54, 1.807) is 0 Å². The van der Waals surface area contributed by atoms with E-state index in [1.807, 2.05) is 32.1 Å². The van der Waals surface area contributed by atoms with Gasteiger partial charge in [-0.15, -0.1) is 0 Å². The lowest BCUT2D eigenvalue weighted by atomic mass is 10.0. The lowest BCUT2D eigenvalue weighted by molar-refractivity contribution is 1.12. The second-order valence-corrected chi connectivity index (χ2v) is 9.31. The Bertz CT molecular complexity index is 1260. The molecule has 0 aliphatic heterocycles. The van der Waals surface area contributed by atoms with E-state index < -0.39 is 0 Å². The number of aliphatic imine (C=N–C) groups is 1. The summed E-state index contributed by atoms with van der Waals surface area (Å²) in [6, 6.07) is 18.9. The van der Waals surface area contributed by atoms with Crippen LogP contribution < -0.4 is 0 Å². The first-order valence-electron chi connectivity index (χ1n) is 12.4. The number of benzene rings is 2. The van der Waals surface area contributed by atoms with Gasteiger partial charge in [-0.05, 0) is 78.2 Å². The van der Waals surface area contributed by atoms with E-state index in [1.165, 1.54) is 27.8 Å². The summed E-state index contributed by atoms with van der Waals surface area (Å²) in [6.07, 6.45) is 10.2. The van der Waals surface area contributed by atoms with Gasteiger partial charge in [0.2, 0.25) is 0 Å². The minimum atomic E-state index is 0.753. The van der Waals surface area contributed by atoms with Gasteiger partial charge in [-0.3, -0.25) is 0 Å². The van der Waals surface area contributed by atoms with E-state index in [0.717, 1.165) is 33.9 Å². The van der Waals surface area contributed by atoms with Crippen molar-refractivity contribution in [2.24, 2.45) is 4.99 Å². The highest BCUT2D eigenvalue weighted by atomic mass is 14.9. The summed E-state index contributed by atoms with van der Waals surface area (Å²) >= 11 is 0. The van der Waals surface area contributed by atoms with Crippen LogP contribution in [0.3, 0.4) is 0 Å². The molecule has 0 N–H and O–H groups in total. The molecule has 0 bridgehead atoms. The minimum Gasteiger partial charge on any atom is -0.234 e. The Kier molecular flexibility index (Phi) is 11.0. The Morgan fingerprint density at radius 2 is 1.33 bits per heavy atom. The summed E-state index contributed by atoms with van der Waals surface area (Å²) in [5.41, 5.74) is 11.1. The number of aryl methyl sites for hydroxylation is 5. The minimum absolute atomic E-state index is 0.753. The molecule has 36 heavy (non-hydrogen) atoms. The molecule has 0 radical (unpaired) electrons. The maximum Gasteiger partial charge on any atom is 0.155 e. The highest BCUT2D eigenvalue weighted by Crippen LogP contribution is 2.23. The molecule has 0 aliphatic carbocycles. The van der Waals surface area contributed by atoms with Crippen molar-refractivity contribution in [1.29, 1.82) is 0 Å². The average Bonchev–Trinajstić information content (AvgIpc) is 2.83. The fourth-order valence-corrected chi connectivity index (χ4v) is 3.48.